The molecule has 0 saturated carbocycles. The van der Waals surface area contributed by atoms with Crippen LogP contribution in [0.4, 0.5) is 22.7 Å². The molecule has 2 N–H and O–H groups in total. The summed E-state index contributed by atoms with van der Waals surface area (Å²) >= 11 is 0. The summed E-state index contributed by atoms with van der Waals surface area (Å²) in [4.78, 5) is 0.258. The standard InChI is InChI=1S/C39H40Cl2N2O4S2/c1-22-10-9-11-23(2)34(22)35(30-12-16-32(17-13-30)42-36-24(3)20-26(5)38(28(36)7)48(40,44)45)31-14-18-33(19-15-31)43-37-25(4)21-27(6)39(29(37)8)49(41,46)47/h9-21,35,42-43H,1-8H3. The third kappa shape index (κ3) is 7.53. The molecule has 49 heavy (non-hydrogen) atoms. The Morgan fingerprint density at radius 2 is 0.837 bits per heavy atom. The smallest absolute Gasteiger partial charge is 0.261 e. The monoisotopic (exact) mass is 734 g/mol. The van der Waals surface area contributed by atoms with E-state index in [0.29, 0.717) is 33.6 Å². The summed E-state index contributed by atoms with van der Waals surface area (Å²) in [5.41, 5.74) is 13.0. The third-order valence-electron chi connectivity index (χ3n) is 9.15. The summed E-state index contributed by atoms with van der Waals surface area (Å²) in [5.74, 6) is -0.0732. The molecule has 5 aromatic carbocycles. The molecule has 5 rings (SSSR count). The van der Waals surface area contributed by atoms with Gasteiger partial charge in [0.2, 0.25) is 0 Å². The van der Waals surface area contributed by atoms with Gasteiger partial charge >= 0.3 is 0 Å². The lowest BCUT2D eigenvalue weighted by Crippen LogP contribution is -2.08. The Morgan fingerprint density at radius 3 is 1.16 bits per heavy atom. The first-order valence-corrected chi connectivity index (χ1v) is 20.4. The number of hydrogen-bond acceptors (Lipinski definition) is 6. The van der Waals surface area contributed by atoms with Crippen LogP contribution in [-0.4, -0.2) is 16.8 Å². The number of rotatable bonds is 9. The van der Waals surface area contributed by atoms with E-state index in [1.165, 1.54) is 16.7 Å². The Labute approximate surface area is 299 Å². The van der Waals surface area contributed by atoms with Crippen LogP contribution in [0.25, 0.3) is 0 Å². The molecule has 0 aliphatic heterocycles. The predicted molar refractivity (Wildman–Crippen MR) is 204 cm³/mol. The summed E-state index contributed by atoms with van der Waals surface area (Å²) < 4.78 is 49.4. The first kappa shape index (κ1) is 36.5. The zero-order valence-electron chi connectivity index (χ0n) is 28.8. The molecule has 6 nitrogen and oxygen atoms in total. The maximum Gasteiger partial charge on any atom is 0.261 e. The van der Waals surface area contributed by atoms with Crippen LogP contribution in [0.2, 0.25) is 0 Å². The molecule has 10 heteroatoms. The summed E-state index contributed by atoms with van der Waals surface area (Å²) in [6.07, 6.45) is 0. The highest BCUT2D eigenvalue weighted by molar-refractivity contribution is 8.14. The fourth-order valence-corrected chi connectivity index (χ4v) is 10.3. The minimum atomic E-state index is -3.92. The minimum Gasteiger partial charge on any atom is -0.355 e. The van der Waals surface area contributed by atoms with Crippen molar-refractivity contribution >= 4 is 62.2 Å². The Kier molecular flexibility index (Phi) is 10.3. The van der Waals surface area contributed by atoms with Crippen LogP contribution in [0.3, 0.4) is 0 Å². The molecule has 0 spiro atoms. The van der Waals surface area contributed by atoms with Crippen LogP contribution in [0.15, 0.2) is 88.7 Å². The summed E-state index contributed by atoms with van der Waals surface area (Å²) in [6.45, 7) is 15.2. The second-order valence-corrected chi connectivity index (χ2v) is 17.8. The molecule has 0 atom stereocenters. The molecule has 0 aliphatic carbocycles. The van der Waals surface area contributed by atoms with Gasteiger partial charge in [0.1, 0.15) is 0 Å². The van der Waals surface area contributed by atoms with E-state index in [1.807, 2.05) is 50.2 Å². The van der Waals surface area contributed by atoms with Gasteiger partial charge in [-0.25, -0.2) is 16.8 Å². The summed E-state index contributed by atoms with van der Waals surface area (Å²) in [5, 5.41) is 6.86. The molecular formula is C39H40Cl2N2O4S2. The largest absolute Gasteiger partial charge is 0.355 e. The zero-order valence-corrected chi connectivity index (χ0v) is 31.9. The van der Waals surface area contributed by atoms with Crippen LogP contribution in [-0.2, 0) is 18.1 Å². The van der Waals surface area contributed by atoms with Gasteiger partial charge in [0.15, 0.2) is 0 Å². The number of aryl methyl sites for hydroxylation is 6. The maximum atomic E-state index is 12.3. The first-order chi connectivity index (χ1) is 22.9. The topological polar surface area (TPSA) is 92.3 Å². The zero-order chi connectivity index (χ0) is 36.0. The third-order valence-corrected chi connectivity index (χ3v) is 12.3. The van der Waals surface area contributed by atoms with Gasteiger partial charge in [0.05, 0.1) is 9.79 Å². The highest BCUT2D eigenvalue weighted by Gasteiger charge is 2.24. The highest BCUT2D eigenvalue weighted by atomic mass is 35.7. The van der Waals surface area contributed by atoms with Gasteiger partial charge in [-0.2, -0.15) is 0 Å². The molecule has 0 bridgehead atoms. The molecule has 0 unspecified atom stereocenters. The van der Waals surface area contributed by atoms with Crippen LogP contribution < -0.4 is 10.6 Å². The van der Waals surface area contributed by atoms with Gasteiger partial charge in [0, 0.05) is 50.0 Å². The van der Waals surface area contributed by atoms with E-state index >= 15 is 0 Å². The molecule has 0 aromatic heterocycles. The number of nitrogens with one attached hydrogen (secondary N) is 2. The van der Waals surface area contributed by atoms with E-state index in [4.69, 9.17) is 21.4 Å². The van der Waals surface area contributed by atoms with Crippen molar-refractivity contribution in [3.8, 4) is 0 Å². The first-order valence-electron chi connectivity index (χ1n) is 15.8. The average molecular weight is 736 g/mol. The second-order valence-electron chi connectivity index (χ2n) is 12.8. The number of benzene rings is 5. The van der Waals surface area contributed by atoms with Crippen molar-refractivity contribution in [2.45, 2.75) is 71.1 Å². The quantitative estimate of drug-likeness (QED) is 0.116. The fraction of sp³-hybridized carbons (Fsp3) is 0.231. The number of hydrogen-bond donors (Lipinski definition) is 2. The SMILES string of the molecule is Cc1cc(C)c(S(=O)(=O)Cl)c(C)c1Nc1ccc(C(c2ccc(Nc3c(C)cc(C)c(S(=O)(=O)Cl)c3C)cc2)c2c(C)cccc2C)cc1. The molecular weight excluding hydrogens is 695 g/mol. The van der Waals surface area contributed by atoms with Gasteiger partial charge in [-0.05, 0) is 141 Å². The van der Waals surface area contributed by atoms with Crippen LogP contribution in [0.5, 0.6) is 0 Å². The van der Waals surface area contributed by atoms with E-state index < -0.39 is 18.1 Å². The summed E-state index contributed by atoms with van der Waals surface area (Å²) in [6, 6.07) is 26.4. The lowest BCUT2D eigenvalue weighted by Gasteiger charge is -2.24. The molecule has 5 aromatic rings. The minimum absolute atomic E-state index is 0.0732. The van der Waals surface area contributed by atoms with Crippen LogP contribution in [0.1, 0.15) is 67.1 Å². The molecule has 0 fully saturated rings. The van der Waals surface area contributed by atoms with E-state index in [2.05, 4.69) is 66.9 Å². The van der Waals surface area contributed by atoms with Gasteiger partial charge in [-0.3, -0.25) is 0 Å². The number of anilines is 4. The van der Waals surface area contributed by atoms with Gasteiger partial charge in [-0.15, -0.1) is 0 Å². The fourth-order valence-electron chi connectivity index (χ4n) is 7.08. The van der Waals surface area contributed by atoms with Crippen molar-refractivity contribution in [2.24, 2.45) is 0 Å². The number of halogens is 2. The Balaban J connectivity index is 1.52. The van der Waals surface area contributed by atoms with E-state index in [1.54, 1.807) is 27.7 Å². The van der Waals surface area contributed by atoms with Crippen molar-refractivity contribution in [3.63, 3.8) is 0 Å². The molecule has 256 valence electrons. The maximum absolute atomic E-state index is 12.3. The second kappa shape index (κ2) is 13.8. The lowest BCUT2D eigenvalue weighted by atomic mass is 9.81. The molecule has 0 saturated heterocycles. The van der Waals surface area contributed by atoms with Crippen molar-refractivity contribution < 1.29 is 16.8 Å². The lowest BCUT2D eigenvalue weighted by molar-refractivity contribution is 0.606. The molecule has 0 amide bonds. The van der Waals surface area contributed by atoms with Crippen LogP contribution >= 0.6 is 21.4 Å². The molecule has 0 heterocycles. The highest BCUT2D eigenvalue weighted by Crippen LogP contribution is 2.39. The van der Waals surface area contributed by atoms with Gasteiger partial charge < -0.3 is 10.6 Å². The Morgan fingerprint density at radius 1 is 0.490 bits per heavy atom. The molecule has 0 aliphatic rings. The van der Waals surface area contributed by atoms with Crippen molar-refractivity contribution in [1.29, 1.82) is 0 Å². The normalized spacial score (nSPS) is 12.0. The Bertz CT molecular complexity index is 2140. The van der Waals surface area contributed by atoms with Gasteiger partial charge in [-0.1, -0.05) is 54.6 Å². The van der Waals surface area contributed by atoms with E-state index in [9.17, 15) is 16.8 Å². The van der Waals surface area contributed by atoms with E-state index in [-0.39, 0.29) is 15.7 Å². The van der Waals surface area contributed by atoms with Crippen molar-refractivity contribution in [3.05, 3.63) is 140 Å². The average Bonchev–Trinajstić information content (AvgIpc) is 2.98. The predicted octanol–water partition coefficient (Wildman–Crippen LogP) is 10.7. The molecule has 0 radical (unpaired) electrons. The van der Waals surface area contributed by atoms with Crippen LogP contribution in [0, 0.1) is 55.4 Å². The van der Waals surface area contributed by atoms with Crippen molar-refractivity contribution in [1.82, 2.24) is 0 Å². The van der Waals surface area contributed by atoms with Crippen molar-refractivity contribution in [2.75, 3.05) is 10.6 Å². The summed E-state index contributed by atoms with van der Waals surface area (Å²) in [7, 11) is 3.76. The van der Waals surface area contributed by atoms with Gasteiger partial charge in [0.25, 0.3) is 18.1 Å². The Hall–Kier alpha value is -3.82. The van der Waals surface area contributed by atoms with E-state index in [0.717, 1.165) is 33.6 Å².